The van der Waals surface area contributed by atoms with Crippen molar-refractivity contribution >= 4 is 5.91 Å². The first kappa shape index (κ1) is 16.2. The molecule has 0 saturated heterocycles. The Labute approximate surface area is 132 Å². The maximum absolute atomic E-state index is 12.2. The number of amides is 1. The molecule has 0 aliphatic rings. The largest absolute Gasteiger partial charge is 0.351 e. The lowest BCUT2D eigenvalue weighted by Gasteiger charge is -2.09. The number of benzene rings is 1. The van der Waals surface area contributed by atoms with E-state index in [2.05, 4.69) is 22.5 Å². The van der Waals surface area contributed by atoms with Crippen LogP contribution < -0.4 is 10.6 Å². The molecule has 2 aromatic rings. The first-order valence-corrected chi connectivity index (χ1v) is 7.74. The number of carbonyl (C=O) groups is 1. The van der Waals surface area contributed by atoms with Crippen molar-refractivity contribution in [1.82, 2.24) is 15.6 Å². The first-order chi connectivity index (χ1) is 10.7. The molecule has 116 valence electrons. The molecule has 1 aromatic heterocycles. The quantitative estimate of drug-likeness (QED) is 0.773. The Bertz CT molecular complexity index is 611. The Morgan fingerprint density at radius 1 is 1.05 bits per heavy atom. The van der Waals surface area contributed by atoms with Crippen LogP contribution in [0.4, 0.5) is 0 Å². The summed E-state index contributed by atoms with van der Waals surface area (Å²) in [5.41, 5.74) is 3.33. The summed E-state index contributed by atoms with van der Waals surface area (Å²) in [4.78, 5) is 16.7. The van der Waals surface area contributed by atoms with E-state index in [4.69, 9.17) is 0 Å². The summed E-state index contributed by atoms with van der Waals surface area (Å²) in [6.45, 7) is 6.38. The number of rotatable bonds is 7. The van der Waals surface area contributed by atoms with Crippen LogP contribution in [0.2, 0.25) is 0 Å². The molecule has 4 nitrogen and oxygen atoms in total. The van der Waals surface area contributed by atoms with Crippen LogP contribution in [-0.4, -0.2) is 30.5 Å². The highest BCUT2D eigenvalue weighted by Crippen LogP contribution is 2.18. The number of nitrogens with zero attached hydrogens (tertiary/aromatic N) is 1. The van der Waals surface area contributed by atoms with E-state index in [9.17, 15) is 4.79 Å². The molecule has 1 aromatic carbocycles. The topological polar surface area (TPSA) is 54.0 Å². The smallest absolute Gasteiger partial charge is 0.253 e. The van der Waals surface area contributed by atoms with E-state index in [0.29, 0.717) is 12.1 Å². The second kappa shape index (κ2) is 8.29. The SMILES string of the molecule is CCCNCCNC(=O)c1ccc(-c2ccccc2)nc1C. The van der Waals surface area contributed by atoms with Gasteiger partial charge in [0.05, 0.1) is 17.0 Å². The maximum Gasteiger partial charge on any atom is 0.253 e. The number of aryl methyl sites for hydroxylation is 1. The Kier molecular flexibility index (Phi) is 6.10. The molecule has 0 radical (unpaired) electrons. The minimum Gasteiger partial charge on any atom is -0.351 e. The van der Waals surface area contributed by atoms with Crippen LogP contribution >= 0.6 is 0 Å². The van der Waals surface area contributed by atoms with Crippen LogP contribution in [-0.2, 0) is 0 Å². The van der Waals surface area contributed by atoms with E-state index in [1.165, 1.54) is 0 Å². The number of aromatic nitrogens is 1. The predicted octanol–water partition coefficient (Wildman–Crippen LogP) is 2.79. The first-order valence-electron chi connectivity index (χ1n) is 7.74. The maximum atomic E-state index is 12.2. The van der Waals surface area contributed by atoms with Gasteiger partial charge in [-0.2, -0.15) is 0 Å². The van der Waals surface area contributed by atoms with Crippen LogP contribution in [0.3, 0.4) is 0 Å². The van der Waals surface area contributed by atoms with E-state index in [1.807, 2.05) is 49.4 Å². The normalized spacial score (nSPS) is 10.5. The fourth-order valence-corrected chi connectivity index (χ4v) is 2.23. The Morgan fingerprint density at radius 3 is 2.50 bits per heavy atom. The van der Waals surface area contributed by atoms with Crippen molar-refractivity contribution in [1.29, 1.82) is 0 Å². The summed E-state index contributed by atoms with van der Waals surface area (Å²) in [7, 11) is 0. The average molecular weight is 297 g/mol. The molecule has 0 atom stereocenters. The lowest BCUT2D eigenvalue weighted by atomic mass is 10.1. The molecule has 0 aliphatic carbocycles. The summed E-state index contributed by atoms with van der Waals surface area (Å²) in [6.07, 6.45) is 1.10. The zero-order chi connectivity index (χ0) is 15.8. The highest BCUT2D eigenvalue weighted by Gasteiger charge is 2.10. The zero-order valence-electron chi connectivity index (χ0n) is 13.2. The van der Waals surface area contributed by atoms with Gasteiger partial charge in [0.1, 0.15) is 0 Å². The summed E-state index contributed by atoms with van der Waals surface area (Å²) < 4.78 is 0. The van der Waals surface area contributed by atoms with Crippen LogP contribution in [0, 0.1) is 6.92 Å². The molecule has 0 bridgehead atoms. The molecule has 2 rings (SSSR count). The van der Waals surface area contributed by atoms with Gasteiger partial charge in [0.15, 0.2) is 0 Å². The van der Waals surface area contributed by atoms with Crippen molar-refractivity contribution in [2.24, 2.45) is 0 Å². The molecule has 0 fully saturated rings. The molecule has 0 unspecified atom stereocenters. The second-order valence-corrected chi connectivity index (χ2v) is 5.20. The standard InChI is InChI=1S/C18H23N3O/c1-3-11-19-12-13-20-18(22)16-9-10-17(21-14(16)2)15-7-5-4-6-8-15/h4-10,19H,3,11-13H2,1-2H3,(H,20,22). The van der Waals surface area contributed by atoms with Crippen LogP contribution in [0.25, 0.3) is 11.3 Å². The van der Waals surface area contributed by atoms with E-state index in [1.54, 1.807) is 0 Å². The summed E-state index contributed by atoms with van der Waals surface area (Å²) in [5, 5.41) is 6.17. The third kappa shape index (κ3) is 4.40. The van der Waals surface area contributed by atoms with Crippen LogP contribution in [0.5, 0.6) is 0 Å². The highest BCUT2D eigenvalue weighted by atomic mass is 16.1. The summed E-state index contributed by atoms with van der Waals surface area (Å²) >= 11 is 0. The van der Waals surface area contributed by atoms with Crippen LogP contribution in [0.15, 0.2) is 42.5 Å². The Balaban J connectivity index is 1.99. The lowest BCUT2D eigenvalue weighted by molar-refractivity contribution is 0.0953. The van der Waals surface area contributed by atoms with Crippen molar-refractivity contribution in [3.8, 4) is 11.3 Å². The van der Waals surface area contributed by atoms with Gasteiger partial charge in [-0.1, -0.05) is 37.3 Å². The second-order valence-electron chi connectivity index (χ2n) is 5.20. The van der Waals surface area contributed by atoms with E-state index in [0.717, 1.165) is 36.5 Å². The molecule has 0 aliphatic heterocycles. The number of hydrogen-bond donors (Lipinski definition) is 2. The van der Waals surface area contributed by atoms with E-state index < -0.39 is 0 Å². The fraction of sp³-hybridized carbons (Fsp3) is 0.333. The summed E-state index contributed by atoms with van der Waals surface area (Å²) in [6, 6.07) is 13.7. The van der Waals surface area contributed by atoms with Crippen molar-refractivity contribution in [2.45, 2.75) is 20.3 Å². The zero-order valence-corrected chi connectivity index (χ0v) is 13.2. The van der Waals surface area contributed by atoms with Crippen molar-refractivity contribution in [2.75, 3.05) is 19.6 Å². The van der Waals surface area contributed by atoms with Gasteiger partial charge in [0, 0.05) is 18.7 Å². The molecular weight excluding hydrogens is 274 g/mol. The number of pyridine rings is 1. The minimum absolute atomic E-state index is 0.0667. The lowest BCUT2D eigenvalue weighted by Crippen LogP contribution is -2.32. The van der Waals surface area contributed by atoms with Gasteiger partial charge >= 0.3 is 0 Å². The highest BCUT2D eigenvalue weighted by molar-refractivity contribution is 5.95. The van der Waals surface area contributed by atoms with Crippen molar-refractivity contribution < 1.29 is 4.79 Å². The minimum atomic E-state index is -0.0667. The van der Waals surface area contributed by atoms with Gasteiger partial charge in [0.25, 0.3) is 5.91 Å². The third-order valence-electron chi connectivity index (χ3n) is 3.41. The third-order valence-corrected chi connectivity index (χ3v) is 3.41. The van der Waals surface area contributed by atoms with Gasteiger partial charge < -0.3 is 10.6 Å². The van der Waals surface area contributed by atoms with Gasteiger partial charge in [-0.05, 0) is 32.0 Å². The average Bonchev–Trinajstić information content (AvgIpc) is 2.55. The van der Waals surface area contributed by atoms with Gasteiger partial charge in [-0.25, -0.2) is 0 Å². The fourth-order valence-electron chi connectivity index (χ4n) is 2.23. The van der Waals surface area contributed by atoms with Gasteiger partial charge in [-0.15, -0.1) is 0 Å². The van der Waals surface area contributed by atoms with E-state index in [-0.39, 0.29) is 5.91 Å². The molecule has 0 spiro atoms. The Morgan fingerprint density at radius 2 is 1.82 bits per heavy atom. The molecule has 4 heteroatoms. The molecule has 2 N–H and O–H groups in total. The number of carbonyl (C=O) groups excluding carboxylic acids is 1. The molecule has 0 saturated carbocycles. The van der Waals surface area contributed by atoms with Crippen LogP contribution in [0.1, 0.15) is 29.4 Å². The van der Waals surface area contributed by atoms with E-state index >= 15 is 0 Å². The number of hydrogen-bond acceptors (Lipinski definition) is 3. The molecule has 1 amide bonds. The summed E-state index contributed by atoms with van der Waals surface area (Å²) in [5.74, 6) is -0.0667. The Hall–Kier alpha value is -2.20. The van der Waals surface area contributed by atoms with Crippen molar-refractivity contribution in [3.05, 3.63) is 53.7 Å². The number of nitrogens with one attached hydrogen (secondary N) is 2. The molecule has 1 heterocycles. The van der Waals surface area contributed by atoms with Gasteiger partial charge in [0.2, 0.25) is 0 Å². The predicted molar refractivity (Wildman–Crippen MR) is 89.9 cm³/mol. The monoisotopic (exact) mass is 297 g/mol. The van der Waals surface area contributed by atoms with Gasteiger partial charge in [-0.3, -0.25) is 9.78 Å². The molecule has 22 heavy (non-hydrogen) atoms. The van der Waals surface area contributed by atoms with Crippen molar-refractivity contribution in [3.63, 3.8) is 0 Å². The molecular formula is C18H23N3O.